The molecule has 1 saturated heterocycles. The first-order chi connectivity index (χ1) is 21.6. The number of carbonyl (C=O) groups is 3. The van der Waals surface area contributed by atoms with Gasteiger partial charge >= 0.3 is 0 Å². The predicted octanol–water partition coefficient (Wildman–Crippen LogP) is 5.75. The van der Waals surface area contributed by atoms with Crippen LogP contribution in [0.25, 0.3) is 0 Å². The van der Waals surface area contributed by atoms with Gasteiger partial charge in [-0.05, 0) is 66.5 Å². The van der Waals surface area contributed by atoms with Crippen LogP contribution in [0.3, 0.4) is 0 Å². The monoisotopic (exact) mass is 629 g/mol. The van der Waals surface area contributed by atoms with E-state index in [-0.39, 0.29) is 30.0 Å². The van der Waals surface area contributed by atoms with E-state index < -0.39 is 18.2 Å². The van der Waals surface area contributed by atoms with Crippen LogP contribution in [0.1, 0.15) is 42.0 Å². The molecular formula is C35H36ClN3O4S. The normalized spacial score (nSPS) is 23.2. The molecule has 6 rings (SSSR count). The molecule has 3 heterocycles. The van der Waals surface area contributed by atoms with Crippen LogP contribution < -0.4 is 5.32 Å². The second kappa shape index (κ2) is 14.0. The van der Waals surface area contributed by atoms with E-state index in [1.165, 1.54) is 4.90 Å². The molecule has 4 atom stereocenters. The fourth-order valence-corrected chi connectivity index (χ4v) is 8.52. The van der Waals surface area contributed by atoms with E-state index in [1.807, 2.05) is 84.9 Å². The van der Waals surface area contributed by atoms with Crippen LogP contribution >= 0.6 is 23.4 Å². The molecule has 0 bridgehead atoms. The summed E-state index contributed by atoms with van der Waals surface area (Å²) >= 11 is 8.57. The Morgan fingerprint density at radius 2 is 1.66 bits per heavy atom. The van der Waals surface area contributed by atoms with Crippen LogP contribution in [0, 0.1) is 5.92 Å². The summed E-state index contributed by atoms with van der Waals surface area (Å²) in [5, 5.41) is 5.08. The summed E-state index contributed by atoms with van der Waals surface area (Å²) < 4.78 is 5.59. The van der Waals surface area contributed by atoms with Crippen molar-refractivity contribution in [1.82, 2.24) is 15.1 Å². The molecule has 0 aromatic heterocycles. The number of rotatable bonds is 10. The average molecular weight is 630 g/mol. The molecule has 3 aliphatic heterocycles. The number of halogens is 1. The smallest absolute Gasteiger partial charge is 0.295 e. The summed E-state index contributed by atoms with van der Waals surface area (Å²) in [7, 11) is 0. The number of aryl methyl sites for hydroxylation is 1. The molecule has 3 aromatic rings. The van der Waals surface area contributed by atoms with Gasteiger partial charge in [0.2, 0.25) is 5.91 Å². The second-order valence-corrected chi connectivity index (χ2v) is 13.0. The molecular weight excluding hydrogens is 594 g/mol. The second-order valence-electron chi connectivity index (χ2n) is 11.4. The highest BCUT2D eigenvalue weighted by Gasteiger charge is 2.52. The standard InChI is InChI=1S/C35H36ClN3O4S/c36-28-16-8-7-15-26(28)32-31-27-18-20-37-22-29(27)44-35(31)38(21-19-25-12-5-2-6-13-25)33(42)34(43-23-40)39(32)30(41)17-9-14-24-10-3-1-4-11-24/h1-8,10-13,15-16,23,27,29,32,34,37H,9,14,17-22H2. The number of hydrogen-bond acceptors (Lipinski definition) is 6. The number of hydrogen-bond donors (Lipinski definition) is 1. The predicted molar refractivity (Wildman–Crippen MR) is 173 cm³/mol. The first-order valence-corrected chi connectivity index (χ1v) is 16.5. The summed E-state index contributed by atoms with van der Waals surface area (Å²) in [4.78, 5) is 44.2. The van der Waals surface area contributed by atoms with Gasteiger partial charge in [-0.25, -0.2) is 0 Å². The molecule has 0 aliphatic carbocycles. The number of benzene rings is 3. The highest BCUT2D eigenvalue weighted by molar-refractivity contribution is 8.04. The average Bonchev–Trinajstić information content (AvgIpc) is 3.39. The van der Waals surface area contributed by atoms with Crippen LogP contribution in [0.4, 0.5) is 0 Å². The van der Waals surface area contributed by atoms with Crippen molar-refractivity contribution in [2.45, 2.75) is 49.6 Å². The zero-order valence-electron chi connectivity index (χ0n) is 24.4. The van der Waals surface area contributed by atoms with Crippen molar-refractivity contribution < 1.29 is 19.1 Å². The lowest BCUT2D eigenvalue weighted by Gasteiger charge is -2.39. The van der Waals surface area contributed by atoms with E-state index in [4.69, 9.17) is 16.3 Å². The highest BCUT2D eigenvalue weighted by Crippen LogP contribution is 2.55. The highest BCUT2D eigenvalue weighted by atomic mass is 35.5. The molecule has 0 saturated carbocycles. The van der Waals surface area contributed by atoms with Crippen LogP contribution in [-0.2, 0) is 32.0 Å². The van der Waals surface area contributed by atoms with E-state index in [2.05, 4.69) is 5.32 Å². The van der Waals surface area contributed by atoms with Gasteiger partial charge in [0.15, 0.2) is 0 Å². The number of thioether (sulfide) groups is 1. The first-order valence-electron chi connectivity index (χ1n) is 15.2. The minimum absolute atomic E-state index is 0.124. The molecule has 228 valence electrons. The third kappa shape index (κ3) is 6.29. The van der Waals surface area contributed by atoms with Crippen molar-refractivity contribution in [1.29, 1.82) is 0 Å². The third-order valence-electron chi connectivity index (χ3n) is 8.72. The Morgan fingerprint density at radius 3 is 2.36 bits per heavy atom. The molecule has 4 unspecified atom stereocenters. The maximum atomic E-state index is 14.5. The lowest BCUT2D eigenvalue weighted by molar-refractivity contribution is -0.170. The molecule has 2 amide bonds. The van der Waals surface area contributed by atoms with Crippen molar-refractivity contribution in [2.24, 2.45) is 5.92 Å². The summed E-state index contributed by atoms with van der Waals surface area (Å²) in [6.07, 6.45) is 1.57. The number of piperidine rings is 1. The van der Waals surface area contributed by atoms with E-state index in [9.17, 15) is 14.4 Å². The topological polar surface area (TPSA) is 79.0 Å². The summed E-state index contributed by atoms with van der Waals surface area (Å²) in [6, 6.07) is 26.9. The summed E-state index contributed by atoms with van der Waals surface area (Å²) in [6.45, 7) is 2.32. The number of nitrogens with zero attached hydrogens (tertiary/aromatic N) is 2. The van der Waals surface area contributed by atoms with Gasteiger partial charge in [-0.2, -0.15) is 0 Å². The van der Waals surface area contributed by atoms with E-state index in [0.29, 0.717) is 30.8 Å². The fourth-order valence-electron chi connectivity index (χ4n) is 6.64. The van der Waals surface area contributed by atoms with Crippen molar-refractivity contribution in [3.63, 3.8) is 0 Å². The lowest BCUT2D eigenvalue weighted by Crippen LogP contribution is -2.52. The van der Waals surface area contributed by atoms with Crippen LogP contribution in [0.2, 0.25) is 5.02 Å². The van der Waals surface area contributed by atoms with Crippen molar-refractivity contribution in [3.8, 4) is 0 Å². The van der Waals surface area contributed by atoms with Gasteiger partial charge < -0.3 is 15.0 Å². The number of nitrogens with one attached hydrogen (secondary N) is 1. The Labute approximate surface area is 267 Å². The Kier molecular flexibility index (Phi) is 9.69. The Hall–Kier alpha value is -3.59. The molecule has 0 spiro atoms. The number of amides is 2. The van der Waals surface area contributed by atoms with Crippen molar-refractivity contribution in [3.05, 3.63) is 117 Å². The molecule has 0 radical (unpaired) electrons. The van der Waals surface area contributed by atoms with Gasteiger partial charge in [-0.15, -0.1) is 11.8 Å². The Balaban J connectivity index is 1.44. The fraction of sp³-hybridized carbons (Fsp3) is 0.343. The number of fused-ring (bicyclic) bond motifs is 2. The van der Waals surface area contributed by atoms with E-state index in [0.717, 1.165) is 46.8 Å². The van der Waals surface area contributed by atoms with Crippen molar-refractivity contribution in [2.75, 3.05) is 19.6 Å². The maximum Gasteiger partial charge on any atom is 0.295 e. The van der Waals surface area contributed by atoms with Gasteiger partial charge in [0, 0.05) is 29.8 Å². The van der Waals surface area contributed by atoms with Gasteiger partial charge in [-0.3, -0.25) is 19.3 Å². The maximum absolute atomic E-state index is 14.5. The van der Waals surface area contributed by atoms with Crippen molar-refractivity contribution >= 4 is 41.6 Å². The van der Waals surface area contributed by atoms with E-state index >= 15 is 0 Å². The molecule has 3 aliphatic rings. The molecule has 1 N–H and O–H groups in total. The molecule has 7 nitrogen and oxygen atoms in total. The van der Waals surface area contributed by atoms with Crippen LogP contribution in [0.5, 0.6) is 0 Å². The molecule has 1 fully saturated rings. The lowest BCUT2D eigenvalue weighted by atomic mass is 9.82. The zero-order chi connectivity index (χ0) is 30.5. The van der Waals surface area contributed by atoms with Gasteiger partial charge in [0.1, 0.15) is 0 Å². The molecule has 3 aromatic carbocycles. The summed E-state index contributed by atoms with van der Waals surface area (Å²) in [5.74, 6) is -0.532. The Bertz CT molecular complexity index is 1520. The van der Waals surface area contributed by atoms with Gasteiger partial charge in [0.05, 0.1) is 11.1 Å². The zero-order valence-corrected chi connectivity index (χ0v) is 26.0. The third-order valence-corrected chi connectivity index (χ3v) is 10.5. The van der Waals surface area contributed by atoms with Crippen LogP contribution in [0.15, 0.2) is 95.5 Å². The largest absolute Gasteiger partial charge is 0.434 e. The summed E-state index contributed by atoms with van der Waals surface area (Å²) in [5.41, 5.74) is 3.98. The first kappa shape index (κ1) is 30.4. The number of carbonyl (C=O) groups excluding carboxylic acids is 3. The van der Waals surface area contributed by atoms with E-state index in [1.54, 1.807) is 16.7 Å². The van der Waals surface area contributed by atoms with Gasteiger partial charge in [-0.1, -0.05) is 90.5 Å². The molecule has 44 heavy (non-hydrogen) atoms. The molecule has 9 heteroatoms. The minimum Gasteiger partial charge on any atom is -0.434 e. The number of ether oxygens (including phenoxy) is 1. The SMILES string of the molecule is O=COC1C(=O)N(CCc2ccccc2)C2=C(C3CCNCC3S2)C(c2ccccc2Cl)N1C(=O)CCCc1ccccc1. The van der Waals surface area contributed by atoms with Gasteiger partial charge in [0.25, 0.3) is 18.6 Å². The quantitative estimate of drug-likeness (QED) is 0.288. The minimum atomic E-state index is -1.42. The van der Waals surface area contributed by atoms with Crippen LogP contribution in [-0.4, -0.2) is 59.2 Å². The Morgan fingerprint density at radius 1 is 0.977 bits per heavy atom.